The molecule has 24 heavy (non-hydrogen) atoms. The van der Waals surface area contributed by atoms with Gasteiger partial charge in [0.05, 0.1) is 7.11 Å². The quantitative estimate of drug-likeness (QED) is 0.386. The van der Waals surface area contributed by atoms with E-state index in [1.165, 1.54) is 0 Å². The average Bonchev–Trinajstić information content (AvgIpc) is 2.61. The topological polar surface area (TPSA) is 35.5 Å². The molecule has 3 aromatic rings. The van der Waals surface area contributed by atoms with E-state index in [4.69, 9.17) is 9.47 Å². The first kappa shape index (κ1) is 15.8. The molecule has 0 saturated carbocycles. The van der Waals surface area contributed by atoms with Crippen LogP contribution in [0, 0.1) is 0 Å². The van der Waals surface area contributed by atoms with Gasteiger partial charge >= 0.3 is 5.97 Å². The lowest BCUT2D eigenvalue weighted by atomic mass is 10.0. The summed E-state index contributed by atoms with van der Waals surface area (Å²) in [6.07, 6.45) is 0. The van der Waals surface area contributed by atoms with E-state index >= 15 is 0 Å². The zero-order valence-electron chi connectivity index (χ0n) is 13.7. The summed E-state index contributed by atoms with van der Waals surface area (Å²) in [5.74, 6) is 0.943. The summed E-state index contributed by atoms with van der Waals surface area (Å²) in [5.41, 5.74) is 2.54. The molecule has 0 aliphatic rings. The van der Waals surface area contributed by atoms with Crippen LogP contribution < -0.4 is 9.47 Å². The molecule has 3 rings (SSSR count). The number of carbonyl (C=O) groups excluding carboxylic acids is 1. The van der Waals surface area contributed by atoms with E-state index in [1.807, 2.05) is 30.3 Å². The summed E-state index contributed by atoms with van der Waals surface area (Å²) in [6.45, 7) is 5.20. The molecule has 3 aromatic carbocycles. The van der Waals surface area contributed by atoms with Crippen molar-refractivity contribution in [3.05, 3.63) is 72.8 Å². The summed E-state index contributed by atoms with van der Waals surface area (Å²) >= 11 is 0. The minimum atomic E-state index is -0.414. The highest BCUT2D eigenvalue weighted by Gasteiger charge is 2.06. The molecule has 0 aliphatic carbocycles. The van der Waals surface area contributed by atoms with Gasteiger partial charge in [0.1, 0.15) is 11.5 Å². The second-order valence-corrected chi connectivity index (χ2v) is 5.62. The van der Waals surface area contributed by atoms with Crippen LogP contribution >= 0.6 is 0 Å². The predicted octanol–water partition coefficient (Wildman–Crippen LogP) is 5.00. The van der Waals surface area contributed by atoms with Gasteiger partial charge in [0, 0.05) is 5.57 Å². The van der Waals surface area contributed by atoms with Crippen molar-refractivity contribution < 1.29 is 14.3 Å². The molecule has 120 valence electrons. The highest BCUT2D eigenvalue weighted by Crippen LogP contribution is 2.28. The lowest BCUT2D eigenvalue weighted by Gasteiger charge is -2.08. The third-order valence-electron chi connectivity index (χ3n) is 3.79. The van der Waals surface area contributed by atoms with E-state index < -0.39 is 5.97 Å². The van der Waals surface area contributed by atoms with Crippen molar-refractivity contribution in [1.82, 2.24) is 0 Å². The van der Waals surface area contributed by atoms with Gasteiger partial charge in [-0.2, -0.15) is 0 Å². The monoisotopic (exact) mass is 318 g/mol. The van der Waals surface area contributed by atoms with Crippen LogP contribution in [0.5, 0.6) is 11.5 Å². The Hall–Kier alpha value is -3.07. The van der Waals surface area contributed by atoms with Gasteiger partial charge in [0.2, 0.25) is 0 Å². The first-order chi connectivity index (χ1) is 11.6. The maximum absolute atomic E-state index is 11.5. The third kappa shape index (κ3) is 3.30. The van der Waals surface area contributed by atoms with Crippen molar-refractivity contribution in [3.8, 4) is 22.6 Å². The van der Waals surface area contributed by atoms with Crippen LogP contribution in [-0.4, -0.2) is 13.1 Å². The number of rotatable bonds is 4. The van der Waals surface area contributed by atoms with Crippen molar-refractivity contribution in [2.24, 2.45) is 0 Å². The van der Waals surface area contributed by atoms with Gasteiger partial charge in [-0.3, -0.25) is 0 Å². The Morgan fingerprint density at radius 3 is 2.08 bits per heavy atom. The molecule has 0 heterocycles. The molecule has 0 fully saturated rings. The molecule has 0 N–H and O–H groups in total. The maximum Gasteiger partial charge on any atom is 0.338 e. The number of benzene rings is 3. The van der Waals surface area contributed by atoms with Crippen LogP contribution in [0.25, 0.3) is 21.9 Å². The molecule has 0 atom stereocenters. The molecule has 3 nitrogen and oxygen atoms in total. The predicted molar refractivity (Wildman–Crippen MR) is 96.4 cm³/mol. The minimum Gasteiger partial charge on any atom is -0.497 e. The lowest BCUT2D eigenvalue weighted by Crippen LogP contribution is -2.07. The first-order valence-corrected chi connectivity index (χ1v) is 7.63. The van der Waals surface area contributed by atoms with Gasteiger partial charge in [0.25, 0.3) is 0 Å². The van der Waals surface area contributed by atoms with Crippen molar-refractivity contribution in [3.63, 3.8) is 0 Å². The molecular weight excluding hydrogens is 300 g/mol. The van der Waals surface area contributed by atoms with Crippen molar-refractivity contribution in [2.45, 2.75) is 6.92 Å². The van der Waals surface area contributed by atoms with Gasteiger partial charge in [-0.1, -0.05) is 36.9 Å². The molecule has 0 bridgehead atoms. The largest absolute Gasteiger partial charge is 0.497 e. The van der Waals surface area contributed by atoms with Crippen LogP contribution in [0.2, 0.25) is 0 Å². The third-order valence-corrected chi connectivity index (χ3v) is 3.79. The Morgan fingerprint density at radius 1 is 0.833 bits per heavy atom. The number of carbonyl (C=O) groups is 1. The number of hydrogen-bond donors (Lipinski definition) is 0. The molecule has 0 amide bonds. The lowest BCUT2D eigenvalue weighted by molar-refractivity contribution is -0.130. The van der Waals surface area contributed by atoms with Gasteiger partial charge in [-0.05, 0) is 59.2 Å². The number of fused-ring (bicyclic) bond motifs is 1. The fourth-order valence-electron chi connectivity index (χ4n) is 2.44. The summed E-state index contributed by atoms with van der Waals surface area (Å²) in [5, 5.41) is 2.27. The molecular formula is C21H18O3. The van der Waals surface area contributed by atoms with Crippen molar-refractivity contribution in [2.75, 3.05) is 7.11 Å². The van der Waals surface area contributed by atoms with Gasteiger partial charge in [-0.25, -0.2) is 4.79 Å². The second kappa shape index (κ2) is 6.59. The van der Waals surface area contributed by atoms with E-state index in [9.17, 15) is 4.79 Å². The molecule has 0 aliphatic heterocycles. The van der Waals surface area contributed by atoms with E-state index in [1.54, 1.807) is 26.2 Å². The van der Waals surface area contributed by atoms with Crippen LogP contribution in [0.3, 0.4) is 0 Å². The zero-order chi connectivity index (χ0) is 17.1. The Kier molecular flexibility index (Phi) is 4.34. The number of esters is 1. The molecule has 3 heteroatoms. The van der Waals surface area contributed by atoms with Crippen molar-refractivity contribution >= 4 is 16.7 Å². The van der Waals surface area contributed by atoms with E-state index in [2.05, 4.69) is 24.8 Å². The molecule has 0 radical (unpaired) electrons. The molecule has 0 unspecified atom stereocenters. The smallest absolute Gasteiger partial charge is 0.338 e. The maximum atomic E-state index is 11.5. The van der Waals surface area contributed by atoms with Crippen LogP contribution in [0.4, 0.5) is 0 Å². The number of ether oxygens (including phenoxy) is 2. The fraction of sp³-hybridized carbons (Fsp3) is 0.0952. The minimum absolute atomic E-state index is 0.379. The Balaban J connectivity index is 1.87. The van der Waals surface area contributed by atoms with E-state index in [0.717, 1.165) is 27.6 Å². The second-order valence-electron chi connectivity index (χ2n) is 5.62. The Morgan fingerprint density at radius 2 is 1.42 bits per heavy atom. The van der Waals surface area contributed by atoms with Crippen LogP contribution in [0.1, 0.15) is 6.92 Å². The van der Waals surface area contributed by atoms with Crippen LogP contribution in [0.15, 0.2) is 72.8 Å². The summed E-state index contributed by atoms with van der Waals surface area (Å²) in [7, 11) is 1.66. The molecule has 0 saturated heterocycles. The Bertz CT molecular complexity index is 908. The van der Waals surface area contributed by atoms with E-state index in [0.29, 0.717) is 11.3 Å². The highest BCUT2D eigenvalue weighted by atomic mass is 16.5. The fourth-order valence-corrected chi connectivity index (χ4v) is 2.44. The summed E-state index contributed by atoms with van der Waals surface area (Å²) < 4.78 is 10.5. The van der Waals surface area contributed by atoms with Crippen molar-refractivity contribution in [1.29, 1.82) is 0 Å². The van der Waals surface area contributed by atoms with Crippen LogP contribution in [-0.2, 0) is 4.79 Å². The van der Waals surface area contributed by atoms with Gasteiger partial charge < -0.3 is 9.47 Å². The number of methoxy groups -OCH3 is 1. The molecule has 0 aromatic heterocycles. The zero-order valence-corrected chi connectivity index (χ0v) is 13.7. The first-order valence-electron chi connectivity index (χ1n) is 7.63. The van der Waals surface area contributed by atoms with E-state index in [-0.39, 0.29) is 0 Å². The summed E-state index contributed by atoms with van der Waals surface area (Å²) in [6, 6.07) is 19.7. The normalized spacial score (nSPS) is 10.4. The van der Waals surface area contributed by atoms with Gasteiger partial charge in [-0.15, -0.1) is 0 Å². The highest BCUT2D eigenvalue weighted by molar-refractivity contribution is 5.89. The summed E-state index contributed by atoms with van der Waals surface area (Å²) in [4.78, 5) is 11.5. The standard InChI is InChI=1S/C21H18O3/c1-14(2)21(22)24-19-9-6-15(7-10-19)16-4-5-18-13-20(23-3)11-8-17(18)12-16/h4-13H,1H2,2-3H3. The number of hydrogen-bond acceptors (Lipinski definition) is 3. The SMILES string of the molecule is C=C(C)C(=O)Oc1ccc(-c2ccc3cc(OC)ccc3c2)cc1. The Labute approximate surface area is 141 Å². The molecule has 0 spiro atoms. The van der Waals surface area contributed by atoms with Gasteiger partial charge in [0.15, 0.2) is 0 Å². The average molecular weight is 318 g/mol.